The van der Waals surface area contributed by atoms with E-state index in [1.807, 2.05) is 0 Å². The Kier molecular flexibility index (Phi) is 3.66. The highest BCUT2D eigenvalue weighted by Crippen LogP contribution is 2.33. The first-order valence-electron chi connectivity index (χ1n) is 3.82. The molecule has 0 saturated heterocycles. The van der Waals surface area contributed by atoms with E-state index in [1.165, 1.54) is 0 Å². The van der Waals surface area contributed by atoms with Gasteiger partial charge in [0.15, 0.2) is 4.90 Å². The standard InChI is InChI=1S/C7H7ClF2N2O3S/c1-15-7-5(16(11,13)14)3(6(9)10)2-4(8)12-7/h2,6H,1H3,(H2,11,13,14). The number of primary sulfonamides is 1. The molecule has 0 aliphatic heterocycles. The fourth-order valence-corrected chi connectivity index (χ4v) is 2.13. The second-order valence-corrected chi connectivity index (χ2v) is 4.60. The van der Waals surface area contributed by atoms with E-state index in [9.17, 15) is 17.2 Å². The molecule has 9 heteroatoms. The van der Waals surface area contributed by atoms with Crippen molar-refractivity contribution in [2.24, 2.45) is 5.14 Å². The molecular weight excluding hydrogens is 266 g/mol. The molecule has 0 radical (unpaired) electrons. The summed E-state index contributed by atoms with van der Waals surface area (Å²) in [6, 6.07) is 0.731. The predicted octanol–water partition coefficient (Wildman–Crippen LogP) is 1.33. The maximum absolute atomic E-state index is 12.6. The molecule has 1 rings (SSSR count). The Morgan fingerprint density at radius 1 is 1.56 bits per heavy atom. The van der Waals surface area contributed by atoms with E-state index >= 15 is 0 Å². The lowest BCUT2D eigenvalue weighted by molar-refractivity contribution is 0.146. The van der Waals surface area contributed by atoms with Crippen LogP contribution in [-0.2, 0) is 10.0 Å². The van der Waals surface area contributed by atoms with E-state index in [-0.39, 0.29) is 5.15 Å². The minimum Gasteiger partial charge on any atom is -0.480 e. The van der Waals surface area contributed by atoms with Gasteiger partial charge < -0.3 is 4.74 Å². The van der Waals surface area contributed by atoms with Gasteiger partial charge in [-0.25, -0.2) is 27.3 Å². The third-order valence-corrected chi connectivity index (χ3v) is 2.83. The number of nitrogens with zero attached hydrogens (tertiary/aromatic N) is 1. The number of aromatic nitrogens is 1. The van der Waals surface area contributed by atoms with E-state index in [0.717, 1.165) is 13.2 Å². The molecule has 0 spiro atoms. The quantitative estimate of drug-likeness (QED) is 0.842. The van der Waals surface area contributed by atoms with Crippen molar-refractivity contribution in [1.82, 2.24) is 4.98 Å². The Hall–Kier alpha value is -0.990. The van der Waals surface area contributed by atoms with E-state index < -0.39 is 32.8 Å². The molecule has 1 heterocycles. The lowest BCUT2D eigenvalue weighted by Gasteiger charge is -2.10. The Morgan fingerprint density at radius 3 is 2.50 bits per heavy atom. The molecule has 1 aromatic heterocycles. The van der Waals surface area contributed by atoms with Crippen LogP contribution in [0.15, 0.2) is 11.0 Å². The zero-order valence-corrected chi connectivity index (χ0v) is 9.52. The van der Waals surface area contributed by atoms with Crippen LogP contribution < -0.4 is 9.88 Å². The molecular formula is C7H7ClF2N2O3S. The van der Waals surface area contributed by atoms with Gasteiger partial charge in [-0.3, -0.25) is 0 Å². The van der Waals surface area contributed by atoms with Crippen LogP contribution in [0, 0.1) is 0 Å². The number of sulfonamides is 1. The molecule has 0 amide bonds. The number of nitrogens with two attached hydrogens (primary N) is 1. The minimum atomic E-state index is -4.36. The van der Waals surface area contributed by atoms with E-state index in [4.69, 9.17) is 16.7 Å². The molecule has 90 valence electrons. The summed E-state index contributed by atoms with van der Waals surface area (Å²) in [5.41, 5.74) is -0.834. The summed E-state index contributed by atoms with van der Waals surface area (Å²) in [4.78, 5) is 2.60. The van der Waals surface area contributed by atoms with Crippen molar-refractivity contribution in [3.05, 3.63) is 16.8 Å². The number of alkyl halides is 2. The SMILES string of the molecule is COc1nc(Cl)cc(C(F)F)c1S(N)(=O)=O. The van der Waals surface area contributed by atoms with Gasteiger partial charge in [-0.2, -0.15) is 0 Å². The largest absolute Gasteiger partial charge is 0.480 e. The van der Waals surface area contributed by atoms with Crippen LogP contribution >= 0.6 is 11.6 Å². The summed E-state index contributed by atoms with van der Waals surface area (Å²) in [5, 5.41) is 4.49. The van der Waals surface area contributed by atoms with Gasteiger partial charge in [0.05, 0.1) is 7.11 Å². The smallest absolute Gasteiger partial charge is 0.265 e. The first kappa shape index (κ1) is 13.1. The van der Waals surface area contributed by atoms with Gasteiger partial charge in [0, 0.05) is 5.56 Å². The van der Waals surface area contributed by atoms with Gasteiger partial charge in [-0.05, 0) is 6.07 Å². The van der Waals surface area contributed by atoms with Crippen LogP contribution in [0.4, 0.5) is 8.78 Å². The van der Waals surface area contributed by atoms with Crippen LogP contribution in [0.25, 0.3) is 0 Å². The summed E-state index contributed by atoms with van der Waals surface area (Å²) < 4.78 is 52.0. The number of pyridine rings is 1. The van der Waals surface area contributed by atoms with Crippen LogP contribution in [0.1, 0.15) is 12.0 Å². The minimum absolute atomic E-state index is 0.306. The number of halogens is 3. The highest BCUT2D eigenvalue weighted by Gasteiger charge is 2.27. The summed E-state index contributed by atoms with van der Waals surface area (Å²) in [5.74, 6) is -0.551. The average Bonchev–Trinajstić information content (AvgIpc) is 2.14. The zero-order chi connectivity index (χ0) is 12.5. The monoisotopic (exact) mass is 272 g/mol. The van der Waals surface area contributed by atoms with Crippen LogP contribution in [0.3, 0.4) is 0 Å². The van der Waals surface area contributed by atoms with Crippen molar-refractivity contribution in [3.8, 4) is 5.88 Å². The first-order chi connectivity index (χ1) is 7.27. The molecule has 0 saturated carbocycles. The molecule has 5 nitrogen and oxygen atoms in total. The number of methoxy groups -OCH3 is 1. The predicted molar refractivity (Wildman–Crippen MR) is 52.1 cm³/mol. The van der Waals surface area contributed by atoms with Crippen molar-refractivity contribution >= 4 is 21.6 Å². The van der Waals surface area contributed by atoms with Gasteiger partial charge in [-0.15, -0.1) is 0 Å². The lowest BCUT2D eigenvalue weighted by Crippen LogP contribution is -2.17. The molecule has 2 N–H and O–H groups in total. The molecule has 0 aliphatic carbocycles. The van der Waals surface area contributed by atoms with Gasteiger partial charge in [-0.1, -0.05) is 11.6 Å². The Morgan fingerprint density at radius 2 is 2.12 bits per heavy atom. The molecule has 0 fully saturated rings. The van der Waals surface area contributed by atoms with Gasteiger partial charge >= 0.3 is 0 Å². The topological polar surface area (TPSA) is 82.3 Å². The van der Waals surface area contributed by atoms with E-state index in [2.05, 4.69) is 9.72 Å². The zero-order valence-electron chi connectivity index (χ0n) is 7.95. The van der Waals surface area contributed by atoms with Gasteiger partial charge in [0.2, 0.25) is 15.9 Å². The highest BCUT2D eigenvalue weighted by atomic mass is 35.5. The fraction of sp³-hybridized carbons (Fsp3) is 0.286. The maximum Gasteiger partial charge on any atom is 0.265 e. The Balaban J connectivity index is 3.65. The van der Waals surface area contributed by atoms with Crippen molar-refractivity contribution in [1.29, 1.82) is 0 Å². The lowest BCUT2D eigenvalue weighted by atomic mass is 10.3. The third kappa shape index (κ3) is 2.57. The van der Waals surface area contributed by atoms with Crippen molar-refractivity contribution in [2.45, 2.75) is 11.3 Å². The molecule has 0 unspecified atom stereocenters. The van der Waals surface area contributed by atoms with Crippen LogP contribution in [0.5, 0.6) is 5.88 Å². The number of hydrogen-bond donors (Lipinski definition) is 1. The van der Waals surface area contributed by atoms with E-state index in [0.29, 0.717) is 0 Å². The molecule has 0 aromatic carbocycles. The van der Waals surface area contributed by atoms with Crippen LogP contribution in [0.2, 0.25) is 5.15 Å². The molecule has 16 heavy (non-hydrogen) atoms. The van der Waals surface area contributed by atoms with Crippen molar-refractivity contribution in [3.63, 3.8) is 0 Å². The third-order valence-electron chi connectivity index (χ3n) is 1.65. The Bertz CT molecular complexity index is 507. The van der Waals surface area contributed by atoms with Gasteiger partial charge in [0.25, 0.3) is 6.43 Å². The fourth-order valence-electron chi connectivity index (χ4n) is 1.08. The number of ether oxygens (including phenoxy) is 1. The maximum atomic E-state index is 12.6. The Labute approximate surface area is 95.2 Å². The number of rotatable bonds is 3. The molecule has 1 aromatic rings. The van der Waals surface area contributed by atoms with E-state index in [1.54, 1.807) is 0 Å². The summed E-state index contributed by atoms with van der Waals surface area (Å²) in [7, 11) is -3.29. The van der Waals surface area contributed by atoms with Gasteiger partial charge in [0.1, 0.15) is 5.15 Å². The summed E-state index contributed by atoms with van der Waals surface area (Å²) in [6.07, 6.45) is -3.05. The summed E-state index contributed by atoms with van der Waals surface area (Å²) in [6.45, 7) is 0. The highest BCUT2D eigenvalue weighted by molar-refractivity contribution is 7.89. The molecule has 0 atom stereocenters. The van der Waals surface area contributed by atoms with Crippen LogP contribution in [-0.4, -0.2) is 20.5 Å². The normalized spacial score (nSPS) is 11.9. The molecule has 0 bridgehead atoms. The summed E-state index contributed by atoms with van der Waals surface area (Å²) >= 11 is 5.43. The second-order valence-electron chi connectivity index (χ2n) is 2.72. The second kappa shape index (κ2) is 4.48. The first-order valence-corrected chi connectivity index (χ1v) is 5.75. The van der Waals surface area contributed by atoms with Crippen molar-refractivity contribution in [2.75, 3.05) is 7.11 Å². The number of hydrogen-bond acceptors (Lipinski definition) is 4. The molecule has 0 aliphatic rings. The van der Waals surface area contributed by atoms with Crippen molar-refractivity contribution < 1.29 is 21.9 Å². The average molecular weight is 273 g/mol.